The van der Waals surface area contributed by atoms with E-state index in [1.54, 1.807) is 16.9 Å². The highest BCUT2D eigenvalue weighted by Gasteiger charge is 2.25. The quantitative estimate of drug-likeness (QED) is 0.391. The summed E-state index contributed by atoms with van der Waals surface area (Å²) in [6.07, 6.45) is 5.72. The van der Waals surface area contributed by atoms with E-state index in [-0.39, 0.29) is 27.7 Å². The van der Waals surface area contributed by atoms with Gasteiger partial charge in [0, 0.05) is 37.9 Å². The Bertz CT molecular complexity index is 1400. The first-order valence-electron chi connectivity index (χ1n) is 11.3. The normalized spacial score (nSPS) is 16.5. The highest BCUT2D eigenvalue weighted by atomic mass is 32.1. The fraction of sp³-hybridized carbons (Fsp3) is 0.292. The molecule has 3 aromatic heterocycles. The predicted molar refractivity (Wildman–Crippen MR) is 135 cm³/mol. The monoisotopic (exact) mass is 497 g/mol. The molecule has 1 atom stereocenters. The lowest BCUT2D eigenvalue weighted by Gasteiger charge is -2.24. The largest absolute Gasteiger partial charge is 0.390 e. The molecule has 0 bridgehead atoms. The van der Waals surface area contributed by atoms with E-state index in [2.05, 4.69) is 20.3 Å². The number of hydrogen-bond acceptors (Lipinski definition) is 7. The molecule has 1 aromatic carbocycles. The Hall–Kier alpha value is -3.57. The predicted octanol–water partition coefficient (Wildman–Crippen LogP) is 4.13. The molecule has 0 radical (unpaired) electrons. The average molecular weight is 498 g/mol. The minimum absolute atomic E-state index is 0.164. The SMILES string of the molecule is Cn1ncc(NC(=O)c2c(N)sc3cc(-c4c(F)cccc4F)cnc23)c1N1CCC[C@H](N)CC1. The van der Waals surface area contributed by atoms with Crippen molar-refractivity contribution in [2.24, 2.45) is 12.8 Å². The molecule has 0 unspecified atom stereocenters. The molecular formula is C24H25F2N7OS. The van der Waals surface area contributed by atoms with Gasteiger partial charge in [-0.25, -0.2) is 8.78 Å². The van der Waals surface area contributed by atoms with E-state index < -0.39 is 17.5 Å². The van der Waals surface area contributed by atoms with Crippen LogP contribution >= 0.6 is 11.3 Å². The molecule has 4 heterocycles. The van der Waals surface area contributed by atoms with Crippen molar-refractivity contribution in [1.29, 1.82) is 0 Å². The van der Waals surface area contributed by atoms with E-state index in [9.17, 15) is 13.6 Å². The van der Waals surface area contributed by atoms with Crippen LogP contribution in [0.3, 0.4) is 0 Å². The van der Waals surface area contributed by atoms with E-state index >= 15 is 0 Å². The number of benzene rings is 1. The molecule has 8 nitrogen and oxygen atoms in total. The van der Waals surface area contributed by atoms with Gasteiger partial charge in [-0.3, -0.25) is 14.5 Å². The lowest BCUT2D eigenvalue weighted by molar-refractivity contribution is 0.102. The summed E-state index contributed by atoms with van der Waals surface area (Å²) in [7, 11) is 1.83. The fourth-order valence-corrected chi connectivity index (χ4v) is 5.50. The van der Waals surface area contributed by atoms with E-state index in [0.717, 1.165) is 49.5 Å². The number of pyridine rings is 1. The van der Waals surface area contributed by atoms with Gasteiger partial charge in [0.25, 0.3) is 5.91 Å². The fourth-order valence-electron chi connectivity index (χ4n) is 4.54. The number of nitrogens with one attached hydrogen (secondary N) is 1. The summed E-state index contributed by atoms with van der Waals surface area (Å²) in [6.45, 7) is 1.58. The summed E-state index contributed by atoms with van der Waals surface area (Å²) in [4.78, 5) is 19.8. The van der Waals surface area contributed by atoms with Crippen LogP contribution in [-0.4, -0.2) is 39.8 Å². The zero-order valence-corrected chi connectivity index (χ0v) is 19.9. The van der Waals surface area contributed by atoms with Gasteiger partial charge in [-0.1, -0.05) is 6.07 Å². The van der Waals surface area contributed by atoms with Crippen molar-refractivity contribution in [2.75, 3.05) is 29.0 Å². The second-order valence-corrected chi connectivity index (χ2v) is 9.73. The van der Waals surface area contributed by atoms with Gasteiger partial charge in [0.1, 0.15) is 27.9 Å². The number of fused-ring (bicyclic) bond motifs is 1. The van der Waals surface area contributed by atoms with E-state index in [1.165, 1.54) is 24.4 Å². The molecule has 1 saturated heterocycles. The summed E-state index contributed by atoms with van der Waals surface area (Å²) < 4.78 is 30.8. The second kappa shape index (κ2) is 9.23. The van der Waals surface area contributed by atoms with Crippen LogP contribution in [0.1, 0.15) is 29.6 Å². The van der Waals surface area contributed by atoms with Crippen molar-refractivity contribution in [3.63, 3.8) is 0 Å². The van der Waals surface area contributed by atoms with E-state index in [4.69, 9.17) is 11.5 Å². The third-order valence-corrected chi connectivity index (χ3v) is 7.22. The number of carbonyl (C=O) groups is 1. The number of carbonyl (C=O) groups excluding carboxylic acids is 1. The lowest BCUT2D eigenvalue weighted by Crippen LogP contribution is -2.29. The number of nitrogens with two attached hydrogens (primary N) is 2. The number of rotatable bonds is 4. The van der Waals surface area contributed by atoms with Gasteiger partial charge < -0.3 is 21.7 Å². The van der Waals surface area contributed by atoms with Gasteiger partial charge in [-0.2, -0.15) is 5.10 Å². The standard InChI is InChI=1S/C24H25F2N7OS/c1-32-24(33-8-3-4-14(27)7-9-33)17(12-30-32)31-23(34)20-21-18(35-22(20)28)10-13(11-29-21)19-15(25)5-2-6-16(19)26/h2,5-6,10-12,14H,3-4,7-9,27-28H2,1H3,(H,31,34)/t14-/m0/s1. The van der Waals surface area contributed by atoms with Gasteiger partial charge in [0.15, 0.2) is 5.82 Å². The van der Waals surface area contributed by atoms with Gasteiger partial charge in [0.2, 0.25) is 0 Å². The number of anilines is 3. The van der Waals surface area contributed by atoms with Crippen LogP contribution in [0, 0.1) is 11.6 Å². The zero-order valence-electron chi connectivity index (χ0n) is 19.1. The maximum Gasteiger partial charge on any atom is 0.261 e. The number of thiophene rings is 1. The average Bonchev–Trinajstić information content (AvgIpc) is 3.25. The molecule has 4 aromatic rings. The van der Waals surface area contributed by atoms with Crippen molar-refractivity contribution in [2.45, 2.75) is 25.3 Å². The number of halogens is 2. The van der Waals surface area contributed by atoms with Crippen molar-refractivity contribution < 1.29 is 13.6 Å². The molecule has 0 aliphatic carbocycles. The van der Waals surface area contributed by atoms with Crippen LogP contribution < -0.4 is 21.7 Å². The first-order valence-corrected chi connectivity index (χ1v) is 12.1. The van der Waals surface area contributed by atoms with Gasteiger partial charge in [-0.05, 0) is 37.5 Å². The van der Waals surface area contributed by atoms with E-state index in [0.29, 0.717) is 15.9 Å². The second-order valence-electron chi connectivity index (χ2n) is 8.65. The summed E-state index contributed by atoms with van der Waals surface area (Å²) in [5.74, 6) is -0.998. The molecular weight excluding hydrogens is 472 g/mol. The number of aromatic nitrogens is 3. The number of nitrogens with zero attached hydrogens (tertiary/aromatic N) is 4. The van der Waals surface area contributed by atoms with Crippen molar-refractivity contribution in [3.8, 4) is 11.1 Å². The van der Waals surface area contributed by atoms with Crippen LogP contribution in [-0.2, 0) is 7.05 Å². The van der Waals surface area contributed by atoms with Crippen LogP contribution in [0.15, 0.2) is 36.7 Å². The maximum absolute atomic E-state index is 14.3. The maximum atomic E-state index is 14.3. The molecule has 1 aliphatic heterocycles. The summed E-state index contributed by atoms with van der Waals surface area (Å²) in [5.41, 5.74) is 13.6. The molecule has 35 heavy (non-hydrogen) atoms. The number of hydrogen-bond donors (Lipinski definition) is 3. The van der Waals surface area contributed by atoms with Crippen LogP contribution in [0.4, 0.5) is 25.3 Å². The summed E-state index contributed by atoms with van der Waals surface area (Å²) in [5, 5.41) is 7.53. The molecule has 1 amide bonds. The van der Waals surface area contributed by atoms with Crippen LogP contribution in [0.2, 0.25) is 0 Å². The van der Waals surface area contributed by atoms with E-state index in [1.807, 2.05) is 7.05 Å². The molecule has 11 heteroatoms. The number of nitrogen functional groups attached to an aromatic ring is 1. The molecule has 5 rings (SSSR count). The molecule has 0 spiro atoms. The van der Waals surface area contributed by atoms with Gasteiger partial charge in [0.05, 0.1) is 22.0 Å². The topological polar surface area (TPSA) is 115 Å². The molecule has 0 saturated carbocycles. The highest BCUT2D eigenvalue weighted by molar-refractivity contribution is 7.23. The molecule has 1 fully saturated rings. The Labute approximate surface area is 204 Å². The first-order chi connectivity index (χ1) is 16.8. The number of amides is 1. The van der Waals surface area contributed by atoms with Crippen LogP contribution in [0.5, 0.6) is 0 Å². The first kappa shape index (κ1) is 23.2. The number of aryl methyl sites for hydroxylation is 1. The Morgan fingerprint density at radius 1 is 1.20 bits per heavy atom. The van der Waals surface area contributed by atoms with Gasteiger partial charge >= 0.3 is 0 Å². The van der Waals surface area contributed by atoms with Gasteiger partial charge in [-0.15, -0.1) is 11.3 Å². The summed E-state index contributed by atoms with van der Waals surface area (Å²) >= 11 is 1.14. The van der Waals surface area contributed by atoms with Crippen molar-refractivity contribution >= 4 is 44.0 Å². The molecule has 182 valence electrons. The van der Waals surface area contributed by atoms with Crippen molar-refractivity contribution in [1.82, 2.24) is 14.8 Å². The zero-order chi connectivity index (χ0) is 24.7. The highest BCUT2D eigenvalue weighted by Crippen LogP contribution is 2.37. The minimum Gasteiger partial charge on any atom is -0.390 e. The molecule has 1 aliphatic rings. The Morgan fingerprint density at radius 3 is 2.74 bits per heavy atom. The third kappa shape index (κ3) is 4.32. The Balaban J connectivity index is 1.46. The molecule has 5 N–H and O–H groups in total. The Kier molecular flexibility index (Phi) is 6.12. The Morgan fingerprint density at radius 2 is 1.97 bits per heavy atom. The lowest BCUT2D eigenvalue weighted by atomic mass is 10.1. The summed E-state index contributed by atoms with van der Waals surface area (Å²) in [6, 6.07) is 5.44. The third-order valence-electron chi connectivity index (χ3n) is 6.26. The van der Waals surface area contributed by atoms with Crippen molar-refractivity contribution in [3.05, 3.63) is 53.9 Å². The minimum atomic E-state index is -0.688. The van der Waals surface area contributed by atoms with Crippen LogP contribution in [0.25, 0.3) is 21.3 Å². The smallest absolute Gasteiger partial charge is 0.261 e.